The number of carbonyl (C=O) groups is 1. The monoisotopic (exact) mass is 211 g/mol. The molecule has 1 aromatic heterocycles. The van der Waals surface area contributed by atoms with Crippen molar-refractivity contribution in [2.24, 2.45) is 0 Å². The van der Waals surface area contributed by atoms with Crippen molar-refractivity contribution in [3.63, 3.8) is 0 Å². The van der Waals surface area contributed by atoms with E-state index in [0.29, 0.717) is 10.7 Å². The van der Waals surface area contributed by atoms with E-state index in [0.717, 1.165) is 5.69 Å². The van der Waals surface area contributed by atoms with E-state index in [9.17, 15) is 4.79 Å². The van der Waals surface area contributed by atoms with Gasteiger partial charge in [0.05, 0.1) is 5.56 Å². The molecule has 0 bridgehead atoms. The van der Waals surface area contributed by atoms with Gasteiger partial charge in [-0.15, -0.1) is 0 Å². The van der Waals surface area contributed by atoms with E-state index in [4.69, 9.17) is 11.6 Å². The van der Waals surface area contributed by atoms with Crippen LogP contribution in [0.25, 0.3) is 0 Å². The number of Topliss-reactive ketones (excluding diaryl/α,β-unsaturated/α-hetero) is 1. The van der Waals surface area contributed by atoms with E-state index in [1.807, 2.05) is 6.07 Å². The summed E-state index contributed by atoms with van der Waals surface area (Å²) in [6.07, 6.45) is 0. The molecule has 0 amide bonds. The molecule has 0 aliphatic carbocycles. The van der Waals surface area contributed by atoms with Crippen LogP contribution in [0.5, 0.6) is 0 Å². The summed E-state index contributed by atoms with van der Waals surface area (Å²) >= 11 is 5.90. The van der Waals surface area contributed by atoms with Crippen LogP contribution in [-0.2, 0) is 5.41 Å². The van der Waals surface area contributed by atoms with Crippen LogP contribution < -0.4 is 0 Å². The number of carbonyl (C=O) groups excluding carboxylic acids is 1. The van der Waals surface area contributed by atoms with Crippen LogP contribution in [0.2, 0.25) is 5.15 Å². The molecule has 0 aromatic carbocycles. The fourth-order valence-electron chi connectivity index (χ4n) is 1.11. The summed E-state index contributed by atoms with van der Waals surface area (Å²) in [5.74, 6) is -0.0528. The molecule has 0 atom stereocenters. The van der Waals surface area contributed by atoms with E-state index < -0.39 is 0 Å². The third-order valence-electron chi connectivity index (χ3n) is 2.00. The second-order valence-corrected chi connectivity index (χ2v) is 4.70. The van der Waals surface area contributed by atoms with Crippen LogP contribution in [0.15, 0.2) is 12.1 Å². The number of halogens is 1. The van der Waals surface area contributed by atoms with Crippen LogP contribution in [0.3, 0.4) is 0 Å². The molecule has 0 aliphatic heterocycles. The Balaban J connectivity index is 3.20. The van der Waals surface area contributed by atoms with Gasteiger partial charge in [-0.2, -0.15) is 0 Å². The van der Waals surface area contributed by atoms with Gasteiger partial charge in [0.2, 0.25) is 0 Å². The van der Waals surface area contributed by atoms with Crippen LogP contribution >= 0.6 is 11.6 Å². The van der Waals surface area contributed by atoms with Crippen molar-refractivity contribution in [2.45, 2.75) is 33.1 Å². The molecule has 0 radical (unpaired) electrons. The summed E-state index contributed by atoms with van der Waals surface area (Å²) in [7, 11) is 0. The van der Waals surface area contributed by atoms with Crippen molar-refractivity contribution >= 4 is 17.4 Å². The quantitative estimate of drug-likeness (QED) is 0.527. The van der Waals surface area contributed by atoms with Crippen molar-refractivity contribution in [3.8, 4) is 0 Å². The highest BCUT2D eigenvalue weighted by molar-refractivity contribution is 6.32. The highest BCUT2D eigenvalue weighted by Gasteiger charge is 2.17. The van der Waals surface area contributed by atoms with E-state index in [-0.39, 0.29) is 11.2 Å². The Bertz CT molecular complexity index is 366. The number of nitrogens with zero attached hydrogens (tertiary/aromatic N) is 1. The van der Waals surface area contributed by atoms with E-state index in [2.05, 4.69) is 25.8 Å². The molecule has 0 N–H and O–H groups in total. The van der Waals surface area contributed by atoms with Gasteiger partial charge in [-0.1, -0.05) is 32.4 Å². The minimum Gasteiger partial charge on any atom is -0.294 e. The minimum absolute atomic E-state index is 0.0427. The lowest BCUT2D eigenvalue weighted by atomic mass is 9.91. The summed E-state index contributed by atoms with van der Waals surface area (Å²) in [5, 5.41) is 0.296. The molecule has 3 heteroatoms. The lowest BCUT2D eigenvalue weighted by molar-refractivity contribution is 0.101. The molecule has 1 heterocycles. The van der Waals surface area contributed by atoms with Crippen molar-refractivity contribution in [2.75, 3.05) is 0 Å². The van der Waals surface area contributed by atoms with Crippen LogP contribution in [0, 0.1) is 0 Å². The lowest BCUT2D eigenvalue weighted by Gasteiger charge is -2.18. The molecule has 0 saturated heterocycles. The molecule has 1 aromatic rings. The molecular formula is C11H14ClNO. The molecule has 0 aliphatic rings. The highest BCUT2D eigenvalue weighted by atomic mass is 35.5. The summed E-state index contributed by atoms with van der Waals surface area (Å²) in [6, 6.07) is 3.58. The third kappa shape index (κ3) is 2.32. The number of ketones is 1. The first-order chi connectivity index (χ1) is 6.32. The average Bonchev–Trinajstić information content (AvgIpc) is 2.01. The zero-order valence-corrected chi connectivity index (χ0v) is 9.64. The zero-order valence-electron chi connectivity index (χ0n) is 8.89. The Morgan fingerprint density at radius 1 is 1.36 bits per heavy atom. The Morgan fingerprint density at radius 3 is 2.29 bits per heavy atom. The zero-order chi connectivity index (χ0) is 10.9. The SMILES string of the molecule is CC(=O)c1ccc(C(C)(C)C)nc1Cl. The lowest BCUT2D eigenvalue weighted by Crippen LogP contribution is -2.14. The van der Waals surface area contributed by atoms with Crippen LogP contribution in [0.4, 0.5) is 0 Å². The maximum atomic E-state index is 11.1. The first-order valence-electron chi connectivity index (χ1n) is 4.50. The molecule has 1 rings (SSSR count). The second kappa shape index (κ2) is 3.70. The van der Waals surface area contributed by atoms with Gasteiger partial charge in [0.1, 0.15) is 5.15 Å². The molecule has 76 valence electrons. The summed E-state index contributed by atoms with van der Waals surface area (Å²) in [4.78, 5) is 15.3. The number of hydrogen-bond donors (Lipinski definition) is 0. The fraction of sp³-hybridized carbons (Fsp3) is 0.455. The first kappa shape index (κ1) is 11.2. The normalized spacial score (nSPS) is 11.5. The summed E-state index contributed by atoms with van der Waals surface area (Å²) < 4.78 is 0. The molecule has 14 heavy (non-hydrogen) atoms. The standard InChI is InChI=1S/C11H14ClNO/c1-7(14)8-5-6-9(11(2,3)4)13-10(8)12/h5-6H,1-4H3. The largest absolute Gasteiger partial charge is 0.294 e. The molecule has 0 unspecified atom stereocenters. The average molecular weight is 212 g/mol. The molecule has 0 spiro atoms. The van der Waals surface area contributed by atoms with E-state index >= 15 is 0 Å². The van der Waals surface area contributed by atoms with Crippen LogP contribution in [0.1, 0.15) is 43.7 Å². The van der Waals surface area contributed by atoms with Gasteiger partial charge in [0.15, 0.2) is 5.78 Å². The van der Waals surface area contributed by atoms with Crippen molar-refractivity contribution < 1.29 is 4.79 Å². The highest BCUT2D eigenvalue weighted by Crippen LogP contribution is 2.23. The molecule has 0 saturated carbocycles. The van der Waals surface area contributed by atoms with Gasteiger partial charge in [-0.05, 0) is 19.1 Å². The number of aromatic nitrogens is 1. The van der Waals surface area contributed by atoms with E-state index in [1.165, 1.54) is 6.92 Å². The maximum absolute atomic E-state index is 11.1. The summed E-state index contributed by atoms with van der Waals surface area (Å²) in [6.45, 7) is 7.65. The predicted octanol–water partition coefficient (Wildman–Crippen LogP) is 3.24. The minimum atomic E-state index is -0.0528. The number of rotatable bonds is 1. The van der Waals surface area contributed by atoms with Gasteiger partial charge in [0, 0.05) is 11.1 Å². The van der Waals surface area contributed by atoms with Gasteiger partial charge in [-0.25, -0.2) is 4.98 Å². The van der Waals surface area contributed by atoms with E-state index in [1.54, 1.807) is 6.07 Å². The third-order valence-corrected chi connectivity index (χ3v) is 2.28. The van der Waals surface area contributed by atoms with Crippen molar-refractivity contribution in [3.05, 3.63) is 28.5 Å². The number of pyridine rings is 1. The second-order valence-electron chi connectivity index (χ2n) is 4.34. The van der Waals surface area contributed by atoms with Crippen LogP contribution in [-0.4, -0.2) is 10.8 Å². The van der Waals surface area contributed by atoms with Gasteiger partial charge >= 0.3 is 0 Å². The smallest absolute Gasteiger partial charge is 0.162 e. The molecule has 2 nitrogen and oxygen atoms in total. The molecular weight excluding hydrogens is 198 g/mol. The predicted molar refractivity (Wildman–Crippen MR) is 58.0 cm³/mol. The molecule has 0 fully saturated rings. The first-order valence-corrected chi connectivity index (χ1v) is 4.88. The van der Waals surface area contributed by atoms with Gasteiger partial charge in [-0.3, -0.25) is 4.79 Å². The summed E-state index contributed by atoms with van der Waals surface area (Å²) in [5.41, 5.74) is 1.34. The Labute approximate surface area is 89.3 Å². The van der Waals surface area contributed by atoms with Gasteiger partial charge in [0.25, 0.3) is 0 Å². The Kier molecular flexibility index (Phi) is 2.95. The van der Waals surface area contributed by atoms with Crippen molar-refractivity contribution in [1.29, 1.82) is 0 Å². The topological polar surface area (TPSA) is 30.0 Å². The van der Waals surface area contributed by atoms with Gasteiger partial charge < -0.3 is 0 Å². The fourth-order valence-corrected chi connectivity index (χ4v) is 1.40. The number of hydrogen-bond acceptors (Lipinski definition) is 2. The van der Waals surface area contributed by atoms with Crippen molar-refractivity contribution in [1.82, 2.24) is 4.98 Å². The maximum Gasteiger partial charge on any atom is 0.162 e. The Hall–Kier alpha value is -0.890. The Morgan fingerprint density at radius 2 is 1.93 bits per heavy atom.